The summed E-state index contributed by atoms with van der Waals surface area (Å²) in [4.78, 5) is 11.1. The first kappa shape index (κ1) is 14.6. The van der Waals surface area contributed by atoms with Crippen molar-refractivity contribution in [1.29, 1.82) is 0 Å². The molecular weight excluding hydrogens is 280 g/mol. The molecule has 0 bridgehead atoms. The van der Waals surface area contributed by atoms with Crippen LogP contribution in [0.1, 0.15) is 34.5 Å². The van der Waals surface area contributed by atoms with E-state index < -0.39 is 5.97 Å². The zero-order valence-corrected chi connectivity index (χ0v) is 13.1. The van der Waals surface area contributed by atoms with E-state index >= 15 is 0 Å². The van der Waals surface area contributed by atoms with Crippen LogP contribution in [0.15, 0.2) is 18.2 Å². The van der Waals surface area contributed by atoms with Gasteiger partial charge in [0.15, 0.2) is 5.69 Å². The number of aromatic carboxylic acids is 1. The topological polar surface area (TPSA) is 64.3 Å². The van der Waals surface area contributed by atoms with Gasteiger partial charge in [0.1, 0.15) is 5.75 Å². The molecule has 1 fully saturated rings. The van der Waals surface area contributed by atoms with E-state index in [1.54, 1.807) is 17.8 Å². The molecule has 1 N–H and O–H groups in total. The van der Waals surface area contributed by atoms with Crippen molar-refractivity contribution in [2.24, 2.45) is 13.0 Å². The first-order chi connectivity index (χ1) is 10.5. The molecule has 1 heterocycles. The highest BCUT2D eigenvalue weighted by Gasteiger charge is 2.24. The molecule has 5 nitrogen and oxygen atoms in total. The lowest BCUT2D eigenvalue weighted by atomic mass is 10.0. The van der Waals surface area contributed by atoms with Gasteiger partial charge in [0.25, 0.3) is 0 Å². The van der Waals surface area contributed by atoms with Gasteiger partial charge in [-0.3, -0.25) is 4.68 Å². The molecule has 0 atom stereocenters. The third-order valence-corrected chi connectivity index (χ3v) is 3.95. The van der Waals surface area contributed by atoms with Crippen molar-refractivity contribution in [1.82, 2.24) is 9.78 Å². The second-order valence-electron chi connectivity index (χ2n) is 6.06. The first-order valence-electron chi connectivity index (χ1n) is 7.47. The molecule has 5 heteroatoms. The van der Waals surface area contributed by atoms with Crippen LogP contribution in [0.3, 0.4) is 0 Å². The Bertz CT molecular complexity index is 730. The Labute approximate surface area is 129 Å². The number of aryl methyl sites for hydroxylation is 3. The van der Waals surface area contributed by atoms with E-state index in [9.17, 15) is 4.79 Å². The number of aromatic nitrogens is 2. The predicted molar refractivity (Wildman–Crippen MR) is 83.3 cm³/mol. The van der Waals surface area contributed by atoms with Crippen molar-refractivity contribution in [2.45, 2.75) is 26.7 Å². The van der Waals surface area contributed by atoms with Crippen LogP contribution in [-0.4, -0.2) is 27.5 Å². The number of hydrogen-bond acceptors (Lipinski definition) is 3. The predicted octanol–water partition coefficient (Wildman–Crippen LogP) is 3.19. The number of benzene rings is 1. The molecule has 1 aromatic carbocycles. The van der Waals surface area contributed by atoms with Crippen LogP contribution in [0.5, 0.6) is 5.75 Å². The average Bonchev–Trinajstić information content (AvgIpc) is 3.18. The van der Waals surface area contributed by atoms with E-state index in [2.05, 4.69) is 11.2 Å². The summed E-state index contributed by atoms with van der Waals surface area (Å²) in [6.07, 6.45) is 2.46. The summed E-state index contributed by atoms with van der Waals surface area (Å²) in [5, 5.41) is 13.2. The number of ether oxygens (including phenoxy) is 1. The Morgan fingerprint density at radius 1 is 1.36 bits per heavy atom. The summed E-state index contributed by atoms with van der Waals surface area (Å²) in [5.74, 6) is 0.471. The van der Waals surface area contributed by atoms with Gasteiger partial charge in [-0.15, -0.1) is 0 Å². The van der Waals surface area contributed by atoms with E-state index in [1.807, 2.05) is 19.9 Å². The fraction of sp³-hybridized carbons (Fsp3) is 0.412. The van der Waals surface area contributed by atoms with Crippen LogP contribution in [0, 0.1) is 19.8 Å². The number of carboxylic acid groups (broad SMARTS) is 1. The van der Waals surface area contributed by atoms with Crippen molar-refractivity contribution in [3.05, 3.63) is 35.0 Å². The molecule has 0 amide bonds. The molecule has 1 saturated carbocycles. The van der Waals surface area contributed by atoms with E-state index in [-0.39, 0.29) is 5.69 Å². The highest BCUT2D eigenvalue weighted by molar-refractivity contribution is 5.87. The van der Waals surface area contributed by atoms with E-state index in [1.165, 1.54) is 12.8 Å². The lowest BCUT2D eigenvalue weighted by molar-refractivity contribution is 0.0689. The molecule has 0 spiro atoms. The summed E-state index contributed by atoms with van der Waals surface area (Å²) >= 11 is 0. The Balaban J connectivity index is 2.05. The SMILES string of the molecule is Cc1cc(C)c(OCC2CC2)c(-c2cc(C(=O)O)nn2C)c1. The van der Waals surface area contributed by atoms with E-state index in [0.717, 1.165) is 34.7 Å². The Morgan fingerprint density at radius 3 is 2.68 bits per heavy atom. The monoisotopic (exact) mass is 300 g/mol. The molecule has 0 saturated heterocycles. The van der Waals surface area contributed by atoms with Crippen molar-refractivity contribution < 1.29 is 14.6 Å². The van der Waals surface area contributed by atoms with Gasteiger partial charge in [0.05, 0.1) is 12.3 Å². The first-order valence-corrected chi connectivity index (χ1v) is 7.47. The standard InChI is InChI=1S/C17H20N2O3/c1-10-6-11(2)16(22-9-12-4-5-12)13(7-10)15-8-14(17(20)21)18-19(15)3/h6-8,12H,4-5,9H2,1-3H3,(H,20,21). The highest BCUT2D eigenvalue weighted by Crippen LogP contribution is 2.37. The van der Waals surface area contributed by atoms with Gasteiger partial charge in [0.2, 0.25) is 0 Å². The molecule has 22 heavy (non-hydrogen) atoms. The van der Waals surface area contributed by atoms with Gasteiger partial charge in [-0.2, -0.15) is 5.10 Å². The number of nitrogens with zero attached hydrogens (tertiary/aromatic N) is 2. The Kier molecular flexibility index (Phi) is 3.64. The maximum atomic E-state index is 11.1. The lowest BCUT2D eigenvalue weighted by Crippen LogP contribution is -2.04. The van der Waals surface area contributed by atoms with Gasteiger partial charge >= 0.3 is 5.97 Å². The van der Waals surface area contributed by atoms with Gasteiger partial charge in [-0.05, 0) is 55.9 Å². The van der Waals surface area contributed by atoms with Crippen LogP contribution in [0.25, 0.3) is 11.3 Å². The molecule has 0 aliphatic heterocycles. The summed E-state index contributed by atoms with van der Waals surface area (Å²) in [6.45, 7) is 4.77. The van der Waals surface area contributed by atoms with Gasteiger partial charge < -0.3 is 9.84 Å². The second-order valence-corrected chi connectivity index (χ2v) is 6.06. The van der Waals surface area contributed by atoms with Crippen molar-refractivity contribution in [3.63, 3.8) is 0 Å². The van der Waals surface area contributed by atoms with Crippen LogP contribution >= 0.6 is 0 Å². The Morgan fingerprint density at radius 2 is 2.09 bits per heavy atom. The second kappa shape index (κ2) is 5.48. The van der Waals surface area contributed by atoms with Gasteiger partial charge in [0, 0.05) is 12.6 Å². The molecule has 2 aromatic rings. The number of carbonyl (C=O) groups is 1. The number of rotatable bonds is 5. The largest absolute Gasteiger partial charge is 0.492 e. The van der Waals surface area contributed by atoms with Crippen LogP contribution in [-0.2, 0) is 7.05 Å². The molecular formula is C17H20N2O3. The summed E-state index contributed by atoms with van der Waals surface area (Å²) < 4.78 is 7.64. The Hall–Kier alpha value is -2.30. The molecule has 116 valence electrons. The van der Waals surface area contributed by atoms with Crippen LogP contribution in [0.4, 0.5) is 0 Å². The number of carboxylic acids is 1. The maximum Gasteiger partial charge on any atom is 0.356 e. The third-order valence-electron chi connectivity index (χ3n) is 3.95. The molecule has 0 radical (unpaired) electrons. The summed E-state index contributed by atoms with van der Waals surface area (Å²) in [5.41, 5.74) is 3.89. The third kappa shape index (κ3) is 2.84. The van der Waals surface area contributed by atoms with Gasteiger partial charge in [-0.1, -0.05) is 6.07 Å². The molecule has 1 aliphatic rings. The van der Waals surface area contributed by atoms with Crippen molar-refractivity contribution >= 4 is 5.97 Å². The summed E-state index contributed by atoms with van der Waals surface area (Å²) in [7, 11) is 1.75. The van der Waals surface area contributed by atoms with Crippen molar-refractivity contribution in [2.75, 3.05) is 6.61 Å². The van der Waals surface area contributed by atoms with Crippen LogP contribution < -0.4 is 4.74 Å². The minimum absolute atomic E-state index is 0.0461. The average molecular weight is 300 g/mol. The zero-order chi connectivity index (χ0) is 15.9. The van der Waals surface area contributed by atoms with E-state index in [0.29, 0.717) is 5.92 Å². The minimum atomic E-state index is -1.02. The van der Waals surface area contributed by atoms with E-state index in [4.69, 9.17) is 9.84 Å². The molecule has 1 aliphatic carbocycles. The normalized spacial score (nSPS) is 14.1. The summed E-state index contributed by atoms with van der Waals surface area (Å²) in [6, 6.07) is 5.71. The smallest absolute Gasteiger partial charge is 0.356 e. The minimum Gasteiger partial charge on any atom is -0.492 e. The molecule has 1 aromatic heterocycles. The highest BCUT2D eigenvalue weighted by atomic mass is 16.5. The molecule has 0 unspecified atom stereocenters. The fourth-order valence-electron chi connectivity index (χ4n) is 2.65. The number of hydrogen-bond donors (Lipinski definition) is 1. The van der Waals surface area contributed by atoms with Gasteiger partial charge in [-0.25, -0.2) is 4.79 Å². The fourth-order valence-corrected chi connectivity index (χ4v) is 2.65. The van der Waals surface area contributed by atoms with Crippen LogP contribution in [0.2, 0.25) is 0 Å². The van der Waals surface area contributed by atoms with Crippen molar-refractivity contribution in [3.8, 4) is 17.0 Å². The maximum absolute atomic E-state index is 11.1. The quantitative estimate of drug-likeness (QED) is 0.921. The molecule has 3 rings (SSSR count). The lowest BCUT2D eigenvalue weighted by Gasteiger charge is -2.15. The zero-order valence-electron chi connectivity index (χ0n) is 13.1.